The molecule has 0 aliphatic carbocycles. The first-order valence-electron chi connectivity index (χ1n) is 6.55. The van der Waals surface area contributed by atoms with Crippen LogP contribution in [-0.2, 0) is 0 Å². The van der Waals surface area contributed by atoms with Crippen LogP contribution >= 0.6 is 11.6 Å². The quantitative estimate of drug-likeness (QED) is 0.888. The van der Waals surface area contributed by atoms with Crippen molar-refractivity contribution in [2.24, 2.45) is 0 Å². The van der Waals surface area contributed by atoms with E-state index in [9.17, 15) is 0 Å². The van der Waals surface area contributed by atoms with E-state index in [4.69, 9.17) is 16.3 Å². The van der Waals surface area contributed by atoms with E-state index >= 15 is 0 Å². The van der Waals surface area contributed by atoms with Gasteiger partial charge in [-0.25, -0.2) is 0 Å². The van der Waals surface area contributed by atoms with Crippen LogP contribution in [-0.4, -0.2) is 44.2 Å². The number of nitrogens with one attached hydrogen (secondary N) is 1. The largest absolute Gasteiger partial charge is 0.492 e. The van der Waals surface area contributed by atoms with Gasteiger partial charge in [0.25, 0.3) is 0 Å². The molecule has 0 aromatic heterocycles. The Morgan fingerprint density at radius 3 is 3.11 bits per heavy atom. The van der Waals surface area contributed by atoms with Crippen LogP contribution in [0.4, 0.5) is 0 Å². The number of halogens is 1. The van der Waals surface area contributed by atoms with Gasteiger partial charge >= 0.3 is 0 Å². The Morgan fingerprint density at radius 2 is 2.39 bits per heavy atom. The predicted octanol–water partition coefficient (Wildman–Crippen LogP) is 2.40. The van der Waals surface area contributed by atoms with Crippen LogP contribution in [0, 0.1) is 0 Å². The summed E-state index contributed by atoms with van der Waals surface area (Å²) in [5.74, 6) is 0.845. The van der Waals surface area contributed by atoms with Gasteiger partial charge in [-0.05, 0) is 44.6 Å². The van der Waals surface area contributed by atoms with Crippen LogP contribution in [0.2, 0.25) is 5.02 Å². The Morgan fingerprint density at radius 1 is 1.50 bits per heavy atom. The van der Waals surface area contributed by atoms with Gasteiger partial charge in [0.05, 0.1) is 0 Å². The fraction of sp³-hybridized carbons (Fsp3) is 0.571. The van der Waals surface area contributed by atoms with E-state index in [1.807, 2.05) is 24.3 Å². The number of hydrogen-bond donors (Lipinski definition) is 1. The number of nitrogens with zero attached hydrogens (tertiary/aromatic N) is 1. The van der Waals surface area contributed by atoms with Crippen molar-refractivity contribution in [3.8, 4) is 5.75 Å². The van der Waals surface area contributed by atoms with Crippen LogP contribution in [0.5, 0.6) is 5.75 Å². The van der Waals surface area contributed by atoms with Gasteiger partial charge in [-0.15, -0.1) is 0 Å². The van der Waals surface area contributed by atoms with E-state index < -0.39 is 0 Å². The van der Waals surface area contributed by atoms with Gasteiger partial charge in [0.1, 0.15) is 12.4 Å². The molecule has 1 aromatic carbocycles. The molecule has 0 saturated carbocycles. The molecule has 1 fully saturated rings. The summed E-state index contributed by atoms with van der Waals surface area (Å²) in [6, 6.07) is 8.19. The number of likely N-dealkylation sites (N-methyl/N-ethyl adjacent to an activating group) is 1. The molecule has 4 heteroatoms. The van der Waals surface area contributed by atoms with Gasteiger partial charge < -0.3 is 10.1 Å². The second kappa shape index (κ2) is 6.98. The van der Waals surface area contributed by atoms with E-state index in [-0.39, 0.29) is 0 Å². The molecule has 1 aliphatic heterocycles. The third kappa shape index (κ3) is 4.16. The first-order valence-corrected chi connectivity index (χ1v) is 6.93. The second-order valence-electron chi connectivity index (χ2n) is 4.79. The fourth-order valence-electron chi connectivity index (χ4n) is 2.26. The van der Waals surface area contributed by atoms with Crippen molar-refractivity contribution < 1.29 is 4.74 Å². The summed E-state index contributed by atoms with van der Waals surface area (Å²) in [6.07, 6.45) is 2.55. The van der Waals surface area contributed by atoms with Crippen molar-refractivity contribution in [1.29, 1.82) is 0 Å². The van der Waals surface area contributed by atoms with Crippen molar-refractivity contribution >= 4 is 11.6 Å². The highest BCUT2D eigenvalue weighted by Crippen LogP contribution is 2.17. The highest BCUT2D eigenvalue weighted by atomic mass is 35.5. The molecule has 0 amide bonds. The molecule has 3 nitrogen and oxygen atoms in total. The van der Waals surface area contributed by atoms with Gasteiger partial charge in [0.2, 0.25) is 0 Å². The minimum absolute atomic E-state index is 0.640. The molecule has 0 spiro atoms. The summed E-state index contributed by atoms with van der Waals surface area (Å²) >= 11 is 5.91. The molecule has 100 valence electrons. The lowest BCUT2D eigenvalue weighted by atomic mass is 10.1. The third-order valence-corrected chi connectivity index (χ3v) is 3.64. The van der Waals surface area contributed by atoms with Crippen LogP contribution in [0.15, 0.2) is 24.3 Å². The summed E-state index contributed by atoms with van der Waals surface area (Å²) in [6.45, 7) is 3.89. The Bertz CT molecular complexity index is 367. The van der Waals surface area contributed by atoms with Crippen LogP contribution in [0.1, 0.15) is 12.8 Å². The lowest BCUT2D eigenvalue weighted by Gasteiger charge is -2.31. The molecule has 1 unspecified atom stereocenters. The molecular formula is C14H21ClN2O. The van der Waals surface area contributed by atoms with Gasteiger partial charge in [-0.3, -0.25) is 4.90 Å². The first kappa shape index (κ1) is 13.7. The topological polar surface area (TPSA) is 24.5 Å². The first-order chi connectivity index (χ1) is 8.75. The SMILES string of the molecule is CN(CCOc1cccc(Cl)c1)C1CCCNC1. The number of benzene rings is 1. The monoisotopic (exact) mass is 268 g/mol. The van der Waals surface area contributed by atoms with Crippen LogP contribution < -0.4 is 10.1 Å². The van der Waals surface area contributed by atoms with Crippen molar-refractivity contribution in [1.82, 2.24) is 10.2 Å². The second-order valence-corrected chi connectivity index (χ2v) is 5.22. The standard InChI is InChI=1S/C14H21ClN2O/c1-17(13-5-3-7-16-11-13)8-9-18-14-6-2-4-12(15)10-14/h2,4,6,10,13,16H,3,5,7-9,11H2,1H3. The van der Waals surface area contributed by atoms with Gasteiger partial charge in [-0.2, -0.15) is 0 Å². The maximum Gasteiger partial charge on any atom is 0.120 e. The Hall–Kier alpha value is -0.770. The maximum absolute atomic E-state index is 5.91. The van der Waals surface area contributed by atoms with E-state index in [0.29, 0.717) is 12.6 Å². The predicted molar refractivity (Wildman–Crippen MR) is 75.5 cm³/mol. The molecule has 1 heterocycles. The summed E-state index contributed by atoms with van der Waals surface area (Å²) in [4.78, 5) is 2.37. The van der Waals surface area contributed by atoms with Gasteiger partial charge in [-0.1, -0.05) is 17.7 Å². The van der Waals surface area contributed by atoms with E-state index in [0.717, 1.165) is 30.4 Å². The average molecular weight is 269 g/mol. The molecule has 0 bridgehead atoms. The molecule has 2 rings (SSSR count). The Labute approximate surface area is 114 Å². The van der Waals surface area contributed by atoms with Crippen molar-refractivity contribution in [3.63, 3.8) is 0 Å². The zero-order chi connectivity index (χ0) is 12.8. The molecule has 0 radical (unpaired) electrons. The zero-order valence-corrected chi connectivity index (χ0v) is 11.6. The lowest BCUT2D eigenvalue weighted by Crippen LogP contribution is -2.45. The maximum atomic E-state index is 5.91. The van der Waals surface area contributed by atoms with E-state index in [1.54, 1.807) is 0 Å². The summed E-state index contributed by atoms with van der Waals surface area (Å²) in [7, 11) is 2.17. The summed E-state index contributed by atoms with van der Waals surface area (Å²) < 4.78 is 5.70. The van der Waals surface area contributed by atoms with Crippen molar-refractivity contribution in [2.45, 2.75) is 18.9 Å². The van der Waals surface area contributed by atoms with E-state index in [2.05, 4.69) is 17.3 Å². The van der Waals surface area contributed by atoms with Gasteiger partial charge in [0.15, 0.2) is 0 Å². The zero-order valence-electron chi connectivity index (χ0n) is 10.9. The number of rotatable bonds is 5. The number of piperidine rings is 1. The highest BCUT2D eigenvalue weighted by molar-refractivity contribution is 6.30. The normalized spacial score (nSPS) is 20.1. The minimum atomic E-state index is 0.640. The molecule has 1 aromatic rings. The smallest absolute Gasteiger partial charge is 0.120 e. The molecule has 1 N–H and O–H groups in total. The van der Waals surface area contributed by atoms with E-state index in [1.165, 1.54) is 12.8 Å². The van der Waals surface area contributed by atoms with Gasteiger partial charge in [0, 0.05) is 24.2 Å². The lowest BCUT2D eigenvalue weighted by molar-refractivity contribution is 0.168. The summed E-state index contributed by atoms with van der Waals surface area (Å²) in [5, 5.41) is 4.15. The third-order valence-electron chi connectivity index (χ3n) is 3.40. The number of ether oxygens (including phenoxy) is 1. The Balaban J connectivity index is 1.71. The average Bonchev–Trinajstić information content (AvgIpc) is 2.40. The molecular weight excluding hydrogens is 248 g/mol. The van der Waals surface area contributed by atoms with Crippen LogP contribution in [0.3, 0.4) is 0 Å². The molecule has 1 saturated heterocycles. The molecule has 1 atom stereocenters. The minimum Gasteiger partial charge on any atom is -0.492 e. The highest BCUT2D eigenvalue weighted by Gasteiger charge is 2.17. The fourth-order valence-corrected chi connectivity index (χ4v) is 2.44. The van der Waals surface area contributed by atoms with Crippen LogP contribution in [0.25, 0.3) is 0 Å². The number of hydrogen-bond acceptors (Lipinski definition) is 3. The van der Waals surface area contributed by atoms with Crippen molar-refractivity contribution in [2.75, 3.05) is 33.3 Å². The molecule has 18 heavy (non-hydrogen) atoms. The Kier molecular flexibility index (Phi) is 5.29. The molecule has 1 aliphatic rings. The summed E-state index contributed by atoms with van der Waals surface area (Å²) in [5.41, 5.74) is 0. The van der Waals surface area contributed by atoms with Crippen molar-refractivity contribution in [3.05, 3.63) is 29.3 Å².